The van der Waals surface area contributed by atoms with Gasteiger partial charge in [-0.15, -0.1) is 0 Å². The van der Waals surface area contributed by atoms with Crippen molar-refractivity contribution in [3.05, 3.63) is 53.9 Å². The normalized spacial score (nSPS) is 17.3. The zero-order chi connectivity index (χ0) is 23.1. The lowest BCUT2D eigenvalue weighted by Gasteiger charge is -2.24. The van der Waals surface area contributed by atoms with Crippen LogP contribution in [0, 0.1) is 5.92 Å². The first-order valence-corrected chi connectivity index (χ1v) is 10.5. The number of aromatic nitrogens is 2. The number of rotatable bonds is 6. The van der Waals surface area contributed by atoms with Crippen molar-refractivity contribution in [2.45, 2.75) is 45.5 Å². The monoisotopic (exact) mass is 441 g/mol. The summed E-state index contributed by atoms with van der Waals surface area (Å²) in [5, 5.41) is 11.9. The summed E-state index contributed by atoms with van der Waals surface area (Å²) in [6.45, 7) is 4.25. The number of hydrogen-bond donors (Lipinski definition) is 3. The quantitative estimate of drug-likeness (QED) is 0.562. The fourth-order valence-corrected chi connectivity index (χ4v) is 3.36. The molecule has 3 amide bonds. The Balaban J connectivity index is 1.66. The molecule has 10 heteroatoms. The number of nitrogens with one attached hydrogen (secondary N) is 3. The van der Waals surface area contributed by atoms with E-state index in [4.69, 9.17) is 4.74 Å². The smallest absolute Gasteiger partial charge is 0.408 e. The van der Waals surface area contributed by atoms with Crippen LogP contribution in [0.2, 0.25) is 0 Å². The van der Waals surface area contributed by atoms with Gasteiger partial charge < -0.3 is 20.7 Å². The van der Waals surface area contributed by atoms with E-state index in [1.54, 1.807) is 30.8 Å². The molecule has 0 bridgehead atoms. The zero-order valence-corrected chi connectivity index (χ0v) is 18.0. The van der Waals surface area contributed by atoms with Gasteiger partial charge in [-0.05, 0) is 17.5 Å². The third-order valence-electron chi connectivity index (χ3n) is 5.12. The van der Waals surface area contributed by atoms with Crippen molar-refractivity contribution in [2.75, 3.05) is 6.54 Å². The highest BCUT2D eigenvalue weighted by Gasteiger charge is 2.33. The first kappa shape index (κ1) is 23.0. The van der Waals surface area contributed by atoms with Gasteiger partial charge in [0.1, 0.15) is 18.7 Å². The van der Waals surface area contributed by atoms with Crippen LogP contribution in [0.25, 0.3) is 0 Å². The molecule has 0 radical (unpaired) electrons. The first-order chi connectivity index (χ1) is 15.3. The highest BCUT2D eigenvalue weighted by atomic mass is 16.5. The van der Waals surface area contributed by atoms with E-state index in [1.165, 1.54) is 0 Å². The molecule has 2 heterocycles. The molecule has 2 atom stereocenters. The summed E-state index contributed by atoms with van der Waals surface area (Å²) in [4.78, 5) is 50.0. The number of ketones is 1. The Morgan fingerprint density at radius 2 is 1.97 bits per heavy atom. The molecule has 10 nitrogen and oxygen atoms in total. The second-order valence-corrected chi connectivity index (χ2v) is 7.86. The predicted molar refractivity (Wildman–Crippen MR) is 114 cm³/mol. The van der Waals surface area contributed by atoms with Gasteiger partial charge in [-0.25, -0.2) is 4.79 Å². The van der Waals surface area contributed by atoms with Crippen LogP contribution in [-0.2, 0) is 38.7 Å². The fraction of sp³-hybridized carbons (Fsp3) is 0.409. The van der Waals surface area contributed by atoms with E-state index < -0.39 is 35.8 Å². The second-order valence-electron chi connectivity index (χ2n) is 7.86. The molecule has 0 aliphatic carbocycles. The molecule has 2 aromatic rings. The van der Waals surface area contributed by atoms with E-state index in [0.29, 0.717) is 6.54 Å². The average Bonchev–Trinajstić information content (AvgIpc) is 3.22. The third kappa shape index (κ3) is 5.93. The summed E-state index contributed by atoms with van der Waals surface area (Å²) in [7, 11) is 0. The average molecular weight is 441 g/mol. The Kier molecular flexibility index (Phi) is 7.58. The topological polar surface area (TPSA) is 131 Å². The molecule has 3 rings (SSSR count). The minimum Gasteiger partial charge on any atom is -0.445 e. The summed E-state index contributed by atoms with van der Waals surface area (Å²) < 4.78 is 6.88. The lowest BCUT2D eigenvalue weighted by atomic mass is 10.0. The molecule has 1 aromatic heterocycles. The molecular weight excluding hydrogens is 414 g/mol. The van der Waals surface area contributed by atoms with Crippen LogP contribution < -0.4 is 16.0 Å². The van der Waals surface area contributed by atoms with Gasteiger partial charge in [0.05, 0.1) is 6.54 Å². The van der Waals surface area contributed by atoms with Gasteiger partial charge in [0.25, 0.3) is 5.91 Å². The molecule has 1 aromatic carbocycles. The summed E-state index contributed by atoms with van der Waals surface area (Å²) in [6, 6.07) is 8.85. The van der Waals surface area contributed by atoms with Crippen molar-refractivity contribution in [3.63, 3.8) is 0 Å². The molecule has 3 N–H and O–H groups in total. The fourth-order valence-electron chi connectivity index (χ4n) is 3.36. The zero-order valence-electron chi connectivity index (χ0n) is 18.0. The molecule has 2 unspecified atom stereocenters. The number of ether oxygens (including phenoxy) is 1. The number of carbonyl (C=O) groups is 4. The Bertz CT molecular complexity index is 972. The molecular formula is C22H27N5O5. The maximum atomic E-state index is 13.0. The summed E-state index contributed by atoms with van der Waals surface area (Å²) in [6.07, 6.45) is 0.962. The first-order valence-electron chi connectivity index (χ1n) is 10.5. The van der Waals surface area contributed by atoms with Gasteiger partial charge in [-0.1, -0.05) is 44.2 Å². The Morgan fingerprint density at radius 3 is 2.69 bits per heavy atom. The minimum absolute atomic E-state index is 0.0599. The number of alkyl carbamates (subject to hydrolysis) is 1. The molecule has 0 fully saturated rings. The van der Waals surface area contributed by atoms with E-state index in [2.05, 4.69) is 21.0 Å². The highest BCUT2D eigenvalue weighted by Crippen LogP contribution is 2.09. The summed E-state index contributed by atoms with van der Waals surface area (Å²) in [5.41, 5.74) is 1.53. The molecule has 170 valence electrons. The van der Waals surface area contributed by atoms with Crippen LogP contribution in [0.1, 0.15) is 25.1 Å². The van der Waals surface area contributed by atoms with E-state index in [0.717, 1.165) is 11.3 Å². The molecule has 32 heavy (non-hydrogen) atoms. The molecule has 1 aliphatic heterocycles. The maximum absolute atomic E-state index is 13.0. The van der Waals surface area contributed by atoms with Crippen LogP contribution in [0.3, 0.4) is 0 Å². The van der Waals surface area contributed by atoms with Crippen LogP contribution in [-0.4, -0.2) is 52.1 Å². The van der Waals surface area contributed by atoms with Gasteiger partial charge in [0, 0.05) is 24.9 Å². The number of amides is 3. The Morgan fingerprint density at radius 1 is 1.22 bits per heavy atom. The van der Waals surface area contributed by atoms with Gasteiger partial charge in [-0.3, -0.25) is 19.1 Å². The lowest BCUT2D eigenvalue weighted by molar-refractivity contribution is -0.140. The highest BCUT2D eigenvalue weighted by molar-refractivity contribution is 6.38. The third-order valence-corrected chi connectivity index (χ3v) is 5.12. The van der Waals surface area contributed by atoms with E-state index in [9.17, 15) is 19.2 Å². The lowest BCUT2D eigenvalue weighted by Crippen LogP contribution is -2.56. The number of benzene rings is 1. The Hall–Kier alpha value is -3.69. The largest absolute Gasteiger partial charge is 0.445 e. The van der Waals surface area contributed by atoms with Gasteiger partial charge in [-0.2, -0.15) is 5.10 Å². The van der Waals surface area contributed by atoms with Crippen molar-refractivity contribution in [1.82, 2.24) is 25.7 Å². The van der Waals surface area contributed by atoms with E-state index in [-0.39, 0.29) is 25.5 Å². The van der Waals surface area contributed by atoms with E-state index >= 15 is 0 Å². The van der Waals surface area contributed by atoms with Gasteiger partial charge >= 0.3 is 6.09 Å². The standard InChI is InChI=1S/C22H27N5O5/c1-14(2)18(26-22(31)32-13-15-6-4-3-5-7-15)20(29)25-17-12-16-8-9-24-27(16)11-10-23-21(30)19(17)28/h3-9,14,17-18H,10-13H2,1-2H3,(H,23,30)(H,25,29)(H,26,31). The SMILES string of the molecule is CC(C)C(NC(=O)OCc1ccccc1)C(=O)NC1Cc2ccnn2CCNC(=O)C1=O. The van der Waals surface area contributed by atoms with E-state index in [1.807, 2.05) is 30.3 Å². The van der Waals surface area contributed by atoms with Crippen molar-refractivity contribution in [3.8, 4) is 0 Å². The van der Waals surface area contributed by atoms with Crippen molar-refractivity contribution in [1.29, 1.82) is 0 Å². The van der Waals surface area contributed by atoms with Gasteiger partial charge in [0.2, 0.25) is 11.7 Å². The van der Waals surface area contributed by atoms with Crippen LogP contribution in [0.5, 0.6) is 0 Å². The van der Waals surface area contributed by atoms with Crippen molar-refractivity contribution >= 4 is 23.7 Å². The summed E-state index contributed by atoms with van der Waals surface area (Å²) >= 11 is 0. The number of fused-ring (bicyclic) bond motifs is 1. The number of Topliss-reactive ketones (excluding diaryl/α,β-unsaturated/α-hetero) is 1. The van der Waals surface area contributed by atoms with Crippen molar-refractivity contribution < 1.29 is 23.9 Å². The number of nitrogens with zero attached hydrogens (tertiary/aromatic N) is 2. The van der Waals surface area contributed by atoms with Crippen molar-refractivity contribution in [2.24, 2.45) is 5.92 Å². The van der Waals surface area contributed by atoms with Gasteiger partial charge in [0.15, 0.2) is 0 Å². The molecule has 0 saturated carbocycles. The van der Waals surface area contributed by atoms with Crippen LogP contribution >= 0.6 is 0 Å². The Labute approximate surface area is 185 Å². The molecule has 0 spiro atoms. The maximum Gasteiger partial charge on any atom is 0.408 e. The van der Waals surface area contributed by atoms with Crippen LogP contribution in [0.4, 0.5) is 4.79 Å². The minimum atomic E-state index is -1.08. The number of hydrogen-bond acceptors (Lipinski definition) is 6. The molecule has 1 aliphatic rings. The van der Waals surface area contributed by atoms with Crippen LogP contribution in [0.15, 0.2) is 42.6 Å². The second kappa shape index (κ2) is 10.6. The predicted octanol–water partition coefficient (Wildman–Crippen LogP) is 0.560. The molecule has 0 saturated heterocycles. The summed E-state index contributed by atoms with van der Waals surface area (Å²) in [5.74, 6) is -2.38. The number of carbonyl (C=O) groups excluding carboxylic acids is 4.